The second kappa shape index (κ2) is 5.64. The lowest BCUT2D eigenvalue weighted by molar-refractivity contribution is 0.102. The fourth-order valence-corrected chi connectivity index (χ4v) is 1.67. The quantitative estimate of drug-likeness (QED) is 0.876. The second-order valence-corrected chi connectivity index (χ2v) is 3.89. The van der Waals surface area contributed by atoms with E-state index in [-0.39, 0.29) is 0 Å². The number of hydrogen-bond donors (Lipinski definition) is 1. The highest BCUT2D eigenvalue weighted by atomic mass is 19.2. The molecular weight excluding hydrogens is 271 g/mol. The predicted octanol–water partition coefficient (Wildman–Crippen LogP) is 3.36. The summed E-state index contributed by atoms with van der Waals surface area (Å²) < 4.78 is 44.4. The number of carbonyl (C=O) groups is 1. The molecule has 0 aliphatic rings. The summed E-state index contributed by atoms with van der Waals surface area (Å²) in [4.78, 5) is 12.0. The van der Waals surface area contributed by atoms with Gasteiger partial charge in [-0.25, -0.2) is 8.78 Å². The molecule has 104 valence electrons. The normalized spacial score (nSPS) is 10.2. The van der Waals surface area contributed by atoms with Crippen molar-refractivity contribution in [3.05, 3.63) is 59.4 Å². The number of methoxy groups -OCH3 is 1. The van der Waals surface area contributed by atoms with Gasteiger partial charge in [0.05, 0.1) is 12.7 Å². The van der Waals surface area contributed by atoms with Gasteiger partial charge in [0.15, 0.2) is 17.4 Å². The molecule has 0 heterocycles. The van der Waals surface area contributed by atoms with Crippen LogP contribution in [0.3, 0.4) is 0 Å². The van der Waals surface area contributed by atoms with Crippen molar-refractivity contribution >= 4 is 11.6 Å². The van der Waals surface area contributed by atoms with E-state index in [2.05, 4.69) is 10.1 Å². The number of carbonyl (C=O) groups excluding carboxylic acids is 1. The Morgan fingerprint density at radius 2 is 1.75 bits per heavy atom. The molecule has 1 amide bonds. The minimum absolute atomic E-state index is 0.423. The zero-order valence-corrected chi connectivity index (χ0v) is 10.4. The predicted molar refractivity (Wildman–Crippen MR) is 67.3 cm³/mol. The van der Waals surface area contributed by atoms with Crippen LogP contribution in [0.1, 0.15) is 10.4 Å². The van der Waals surface area contributed by atoms with E-state index in [0.717, 1.165) is 7.11 Å². The number of nitrogens with one attached hydrogen (secondary N) is 1. The van der Waals surface area contributed by atoms with E-state index in [1.165, 1.54) is 0 Å². The topological polar surface area (TPSA) is 38.3 Å². The molecule has 0 radical (unpaired) electrons. The molecule has 0 aliphatic heterocycles. The molecule has 0 atom stereocenters. The molecule has 2 aromatic rings. The van der Waals surface area contributed by atoms with Crippen LogP contribution in [-0.2, 0) is 0 Å². The van der Waals surface area contributed by atoms with Crippen LogP contribution in [0, 0.1) is 17.5 Å². The van der Waals surface area contributed by atoms with Gasteiger partial charge in [-0.05, 0) is 18.2 Å². The van der Waals surface area contributed by atoms with Crippen LogP contribution < -0.4 is 10.1 Å². The number of amides is 1. The average molecular weight is 281 g/mol. The molecule has 20 heavy (non-hydrogen) atoms. The van der Waals surface area contributed by atoms with Gasteiger partial charge in [0, 0.05) is 5.69 Å². The van der Waals surface area contributed by atoms with Crippen LogP contribution in [0.2, 0.25) is 0 Å². The van der Waals surface area contributed by atoms with Gasteiger partial charge in [0.1, 0.15) is 0 Å². The molecule has 0 bridgehead atoms. The fourth-order valence-electron chi connectivity index (χ4n) is 1.67. The summed E-state index contributed by atoms with van der Waals surface area (Å²) in [5, 5.41) is 2.43. The van der Waals surface area contributed by atoms with Gasteiger partial charge < -0.3 is 10.1 Å². The van der Waals surface area contributed by atoms with Crippen molar-refractivity contribution in [3.63, 3.8) is 0 Å². The van der Waals surface area contributed by atoms with E-state index in [1.807, 2.05) is 0 Å². The van der Waals surface area contributed by atoms with Gasteiger partial charge in [-0.2, -0.15) is 4.39 Å². The summed E-state index contributed by atoms with van der Waals surface area (Å²) in [5.74, 6) is -6.12. The lowest BCUT2D eigenvalue weighted by atomic mass is 10.1. The van der Waals surface area contributed by atoms with Gasteiger partial charge in [0.2, 0.25) is 5.82 Å². The summed E-state index contributed by atoms with van der Waals surface area (Å²) >= 11 is 0. The number of ether oxygens (including phenoxy) is 1. The van der Waals surface area contributed by atoms with E-state index in [0.29, 0.717) is 11.8 Å². The van der Waals surface area contributed by atoms with Crippen LogP contribution >= 0.6 is 0 Å². The first-order valence-corrected chi connectivity index (χ1v) is 5.62. The number of rotatable bonds is 3. The summed E-state index contributed by atoms with van der Waals surface area (Å²) in [5.41, 5.74) is 0.0115. The van der Waals surface area contributed by atoms with Crippen molar-refractivity contribution in [2.45, 2.75) is 0 Å². The van der Waals surface area contributed by atoms with Gasteiger partial charge in [0.25, 0.3) is 5.91 Å². The molecule has 2 aromatic carbocycles. The first-order valence-electron chi connectivity index (χ1n) is 5.62. The minimum atomic E-state index is -1.68. The molecule has 0 fully saturated rings. The standard InChI is InChI=1S/C14H10F3NO2/c1-20-13-9(7-10(15)11(16)12(13)17)14(19)18-8-5-3-2-4-6-8/h2-7H,1H3,(H,18,19). The lowest BCUT2D eigenvalue weighted by Gasteiger charge is -2.11. The first kappa shape index (κ1) is 13.9. The Balaban J connectivity index is 2.40. The zero-order valence-electron chi connectivity index (χ0n) is 10.4. The van der Waals surface area contributed by atoms with Crippen LogP contribution in [0.4, 0.5) is 18.9 Å². The molecule has 0 spiro atoms. The van der Waals surface area contributed by atoms with Gasteiger partial charge in [-0.1, -0.05) is 18.2 Å². The van der Waals surface area contributed by atoms with E-state index < -0.39 is 34.7 Å². The number of hydrogen-bond acceptors (Lipinski definition) is 2. The summed E-state index contributed by atoms with van der Waals surface area (Å²) in [7, 11) is 1.06. The number of anilines is 1. The van der Waals surface area contributed by atoms with Crippen molar-refractivity contribution in [2.24, 2.45) is 0 Å². The molecule has 0 saturated heterocycles. The van der Waals surface area contributed by atoms with E-state index >= 15 is 0 Å². The van der Waals surface area contributed by atoms with Crippen molar-refractivity contribution in [1.29, 1.82) is 0 Å². The highest BCUT2D eigenvalue weighted by molar-refractivity contribution is 6.06. The number of halogens is 3. The Morgan fingerprint density at radius 1 is 1.10 bits per heavy atom. The maximum absolute atomic E-state index is 13.5. The molecule has 1 N–H and O–H groups in total. The largest absolute Gasteiger partial charge is 0.493 e. The number of benzene rings is 2. The molecule has 0 aliphatic carbocycles. The molecule has 3 nitrogen and oxygen atoms in total. The van der Waals surface area contributed by atoms with E-state index in [4.69, 9.17) is 0 Å². The van der Waals surface area contributed by atoms with Gasteiger partial charge in [-0.3, -0.25) is 4.79 Å². The Labute approximate surface area is 113 Å². The Morgan fingerprint density at radius 3 is 2.35 bits per heavy atom. The Bertz CT molecular complexity index is 645. The van der Waals surface area contributed by atoms with Crippen LogP contribution in [0.15, 0.2) is 36.4 Å². The number of para-hydroxylation sites is 1. The van der Waals surface area contributed by atoms with E-state index in [9.17, 15) is 18.0 Å². The molecule has 0 aromatic heterocycles. The van der Waals surface area contributed by atoms with Crippen molar-refractivity contribution < 1.29 is 22.7 Å². The monoisotopic (exact) mass is 281 g/mol. The van der Waals surface area contributed by atoms with Crippen LogP contribution in [0.5, 0.6) is 5.75 Å². The maximum Gasteiger partial charge on any atom is 0.259 e. The SMILES string of the molecule is COc1c(C(=O)Nc2ccccc2)cc(F)c(F)c1F. The smallest absolute Gasteiger partial charge is 0.259 e. The van der Waals surface area contributed by atoms with Crippen LogP contribution in [0.25, 0.3) is 0 Å². The minimum Gasteiger partial charge on any atom is -0.493 e. The Kier molecular flexibility index (Phi) is 3.93. The fraction of sp³-hybridized carbons (Fsp3) is 0.0714. The average Bonchev–Trinajstić information content (AvgIpc) is 2.45. The molecule has 2 rings (SSSR count). The molecule has 0 unspecified atom stereocenters. The van der Waals surface area contributed by atoms with Crippen molar-refractivity contribution in [3.8, 4) is 5.75 Å². The van der Waals surface area contributed by atoms with Gasteiger partial charge in [-0.15, -0.1) is 0 Å². The molecular formula is C14H10F3NO2. The molecule has 0 saturated carbocycles. The zero-order chi connectivity index (χ0) is 14.7. The second-order valence-electron chi connectivity index (χ2n) is 3.89. The lowest BCUT2D eigenvalue weighted by Crippen LogP contribution is -2.15. The highest BCUT2D eigenvalue weighted by Gasteiger charge is 2.23. The molecule has 6 heteroatoms. The van der Waals surface area contributed by atoms with Gasteiger partial charge >= 0.3 is 0 Å². The first-order chi connectivity index (χ1) is 9.54. The highest BCUT2D eigenvalue weighted by Crippen LogP contribution is 2.27. The van der Waals surface area contributed by atoms with Crippen molar-refractivity contribution in [2.75, 3.05) is 12.4 Å². The third-order valence-corrected chi connectivity index (χ3v) is 2.60. The summed E-state index contributed by atoms with van der Waals surface area (Å²) in [6.45, 7) is 0. The third-order valence-electron chi connectivity index (χ3n) is 2.60. The maximum atomic E-state index is 13.5. The summed E-state index contributed by atoms with van der Waals surface area (Å²) in [6.07, 6.45) is 0. The Hall–Kier alpha value is -2.50. The van der Waals surface area contributed by atoms with Crippen molar-refractivity contribution in [1.82, 2.24) is 0 Å². The van der Waals surface area contributed by atoms with Crippen LogP contribution in [-0.4, -0.2) is 13.0 Å². The summed E-state index contributed by atoms with van der Waals surface area (Å²) in [6, 6.07) is 8.89. The third kappa shape index (κ3) is 2.59. The van der Waals surface area contributed by atoms with E-state index in [1.54, 1.807) is 30.3 Å².